The van der Waals surface area contributed by atoms with Crippen molar-refractivity contribution in [1.29, 1.82) is 0 Å². The highest BCUT2D eigenvalue weighted by molar-refractivity contribution is 8.00. The van der Waals surface area contributed by atoms with Gasteiger partial charge in [0.15, 0.2) is 0 Å². The molecule has 0 saturated carbocycles. The van der Waals surface area contributed by atoms with E-state index in [1.54, 1.807) is 37.5 Å². The zero-order valence-corrected chi connectivity index (χ0v) is 18.8. The summed E-state index contributed by atoms with van der Waals surface area (Å²) in [6, 6.07) is 5.22. The van der Waals surface area contributed by atoms with E-state index in [2.05, 4.69) is 15.4 Å². The van der Waals surface area contributed by atoms with Crippen LogP contribution in [0, 0.1) is 6.92 Å². The van der Waals surface area contributed by atoms with E-state index in [0.29, 0.717) is 41.7 Å². The molecule has 3 rings (SSSR count). The van der Waals surface area contributed by atoms with E-state index >= 15 is 0 Å². The third-order valence-corrected chi connectivity index (χ3v) is 5.92. The molecule has 1 N–H and O–H groups in total. The van der Waals surface area contributed by atoms with E-state index in [1.165, 1.54) is 32.5 Å². The predicted molar refractivity (Wildman–Crippen MR) is 120 cm³/mol. The van der Waals surface area contributed by atoms with Gasteiger partial charge in [-0.1, -0.05) is 17.7 Å². The molecule has 3 amide bonds. The van der Waals surface area contributed by atoms with Crippen molar-refractivity contribution in [3.63, 3.8) is 0 Å². The highest BCUT2D eigenvalue weighted by Gasteiger charge is 2.29. The Morgan fingerprint density at radius 1 is 1.23 bits per heavy atom. The van der Waals surface area contributed by atoms with Crippen molar-refractivity contribution in [2.24, 2.45) is 7.05 Å². The van der Waals surface area contributed by atoms with Crippen LogP contribution in [0.25, 0.3) is 6.08 Å². The number of nitrogens with one attached hydrogen (secondary N) is 1. The van der Waals surface area contributed by atoms with Crippen LogP contribution in [0.4, 0.5) is 5.82 Å². The lowest BCUT2D eigenvalue weighted by atomic mass is 10.2. The van der Waals surface area contributed by atoms with Gasteiger partial charge in [-0.15, -0.1) is 11.8 Å². The number of thioether (sulfide) groups is 1. The van der Waals surface area contributed by atoms with E-state index in [0.717, 1.165) is 0 Å². The molecule has 0 bridgehead atoms. The summed E-state index contributed by atoms with van der Waals surface area (Å²) >= 11 is 7.38. The van der Waals surface area contributed by atoms with Gasteiger partial charge < -0.3 is 5.32 Å². The number of carbonyl (C=O) groups is 3. The topological polar surface area (TPSA) is 100 Å². The van der Waals surface area contributed by atoms with Gasteiger partial charge in [0.05, 0.1) is 17.2 Å². The van der Waals surface area contributed by atoms with E-state index in [4.69, 9.17) is 11.6 Å². The predicted octanol–water partition coefficient (Wildman–Crippen LogP) is 2.14. The molecular formula is C20H23ClN6O3S. The van der Waals surface area contributed by atoms with Gasteiger partial charge in [0.2, 0.25) is 5.91 Å². The summed E-state index contributed by atoms with van der Waals surface area (Å²) in [5.74, 6) is -0.0862. The number of halogens is 1. The minimum atomic E-state index is -0.303. The van der Waals surface area contributed by atoms with Crippen LogP contribution in [0.15, 0.2) is 30.5 Å². The lowest BCUT2D eigenvalue weighted by Gasteiger charge is -2.26. The number of hydrazine groups is 1. The second-order valence-corrected chi connectivity index (χ2v) is 8.18. The number of carbonyl (C=O) groups excluding carboxylic acids is 3. The number of aromatic nitrogens is 3. The van der Waals surface area contributed by atoms with Crippen molar-refractivity contribution in [2.75, 3.05) is 29.9 Å². The molecule has 1 aliphatic rings. The van der Waals surface area contributed by atoms with Crippen LogP contribution >= 0.6 is 23.4 Å². The van der Waals surface area contributed by atoms with Gasteiger partial charge in [-0.05, 0) is 31.6 Å². The molecule has 0 spiro atoms. The maximum atomic E-state index is 12.6. The lowest BCUT2D eigenvalue weighted by molar-refractivity contribution is -0.152. The molecule has 3 heterocycles. The van der Waals surface area contributed by atoms with Crippen molar-refractivity contribution in [1.82, 2.24) is 24.8 Å². The number of aryl methyl sites for hydroxylation is 2. The number of amides is 3. The molecule has 2 aromatic heterocycles. The molecule has 2 aromatic rings. The van der Waals surface area contributed by atoms with Crippen LogP contribution in [0.2, 0.25) is 5.15 Å². The summed E-state index contributed by atoms with van der Waals surface area (Å²) in [5, 5.41) is 10.2. The fourth-order valence-electron chi connectivity index (χ4n) is 3.10. The van der Waals surface area contributed by atoms with Crippen LogP contribution in [-0.2, 0) is 21.4 Å². The van der Waals surface area contributed by atoms with Crippen LogP contribution < -0.4 is 5.32 Å². The number of anilines is 1. The highest BCUT2D eigenvalue weighted by atomic mass is 35.5. The number of hydrogen-bond acceptors (Lipinski definition) is 6. The van der Waals surface area contributed by atoms with Crippen molar-refractivity contribution < 1.29 is 14.4 Å². The summed E-state index contributed by atoms with van der Waals surface area (Å²) in [5.41, 5.74) is 1.38. The number of rotatable bonds is 7. The Morgan fingerprint density at radius 2 is 2.00 bits per heavy atom. The molecular weight excluding hydrogens is 440 g/mol. The first-order valence-corrected chi connectivity index (χ1v) is 11.2. The Hall–Kier alpha value is -2.85. The summed E-state index contributed by atoms with van der Waals surface area (Å²) in [6.45, 7) is 2.73. The molecule has 9 nitrogen and oxygen atoms in total. The maximum absolute atomic E-state index is 12.6. The Balaban J connectivity index is 1.51. The largest absolute Gasteiger partial charge is 0.310 e. The summed E-state index contributed by atoms with van der Waals surface area (Å²) in [4.78, 5) is 41.2. The third-order valence-electron chi connectivity index (χ3n) is 4.55. The summed E-state index contributed by atoms with van der Waals surface area (Å²) in [7, 11) is 1.73. The molecule has 1 aliphatic heterocycles. The van der Waals surface area contributed by atoms with Gasteiger partial charge in [0, 0.05) is 38.0 Å². The van der Waals surface area contributed by atoms with E-state index in [-0.39, 0.29) is 29.2 Å². The Kier molecular flexibility index (Phi) is 7.69. The zero-order valence-electron chi connectivity index (χ0n) is 17.2. The highest BCUT2D eigenvalue weighted by Crippen LogP contribution is 2.21. The second-order valence-electron chi connectivity index (χ2n) is 6.83. The number of pyridine rings is 1. The van der Waals surface area contributed by atoms with Crippen LogP contribution in [0.3, 0.4) is 0 Å². The molecule has 0 radical (unpaired) electrons. The van der Waals surface area contributed by atoms with E-state index in [9.17, 15) is 14.4 Å². The Morgan fingerprint density at radius 3 is 2.68 bits per heavy atom. The standard InChI is InChI=1S/C20H23ClN6O3S/c1-14-15(20(21)25(2)24-14)7-8-18(29)26-10-5-11-27(26)19(30)13-31-12-17(28)23-16-6-3-4-9-22-16/h3-4,6-9H,5,10-13H2,1-2H3,(H,22,23,28)/b8-7+. The molecule has 0 atom stereocenters. The van der Waals surface area contributed by atoms with Crippen molar-refractivity contribution in [3.05, 3.63) is 46.9 Å². The number of hydrogen-bond donors (Lipinski definition) is 1. The fraction of sp³-hybridized carbons (Fsp3) is 0.350. The first kappa shape index (κ1) is 22.8. The second kappa shape index (κ2) is 10.5. The van der Waals surface area contributed by atoms with Gasteiger partial charge in [0.25, 0.3) is 11.8 Å². The van der Waals surface area contributed by atoms with Gasteiger partial charge in [-0.3, -0.25) is 24.1 Å². The lowest BCUT2D eigenvalue weighted by Crippen LogP contribution is -2.45. The minimum Gasteiger partial charge on any atom is -0.310 e. The number of nitrogens with zero attached hydrogens (tertiary/aromatic N) is 5. The SMILES string of the molecule is Cc1nn(C)c(Cl)c1/C=C/C(=O)N1CCCN1C(=O)CSCC(=O)Nc1ccccn1. The van der Waals surface area contributed by atoms with E-state index in [1.807, 2.05) is 6.92 Å². The molecule has 0 aliphatic carbocycles. The van der Waals surface area contributed by atoms with Gasteiger partial charge >= 0.3 is 0 Å². The van der Waals surface area contributed by atoms with Crippen molar-refractivity contribution in [2.45, 2.75) is 13.3 Å². The van der Waals surface area contributed by atoms with E-state index < -0.39 is 0 Å². The average molecular weight is 463 g/mol. The fourth-order valence-corrected chi connectivity index (χ4v) is 4.02. The van der Waals surface area contributed by atoms with Gasteiger partial charge in [0.1, 0.15) is 11.0 Å². The Bertz CT molecular complexity index is 994. The van der Waals surface area contributed by atoms with Crippen LogP contribution in [0.5, 0.6) is 0 Å². The summed E-state index contributed by atoms with van der Waals surface area (Å²) < 4.78 is 1.54. The quantitative estimate of drug-likeness (QED) is 0.633. The third kappa shape index (κ3) is 5.86. The first-order valence-electron chi connectivity index (χ1n) is 9.64. The average Bonchev–Trinajstić information content (AvgIpc) is 3.32. The van der Waals surface area contributed by atoms with Crippen LogP contribution in [-0.4, -0.2) is 67.1 Å². The monoisotopic (exact) mass is 462 g/mol. The van der Waals surface area contributed by atoms with Crippen molar-refractivity contribution in [3.8, 4) is 0 Å². The smallest absolute Gasteiger partial charge is 0.265 e. The Labute approximate surface area is 189 Å². The molecule has 11 heteroatoms. The van der Waals surface area contributed by atoms with Gasteiger partial charge in [-0.2, -0.15) is 5.10 Å². The molecule has 164 valence electrons. The van der Waals surface area contributed by atoms with Gasteiger partial charge in [-0.25, -0.2) is 9.99 Å². The zero-order chi connectivity index (χ0) is 22.4. The van der Waals surface area contributed by atoms with Crippen molar-refractivity contribution >= 4 is 53.0 Å². The molecule has 31 heavy (non-hydrogen) atoms. The minimum absolute atomic E-state index is 0.0939. The molecule has 0 unspecified atom stereocenters. The normalized spacial score (nSPS) is 13.8. The first-order chi connectivity index (χ1) is 14.9. The maximum Gasteiger partial charge on any atom is 0.265 e. The molecule has 1 fully saturated rings. The molecule has 1 saturated heterocycles. The molecule has 0 aromatic carbocycles. The summed E-state index contributed by atoms with van der Waals surface area (Å²) in [6.07, 6.45) is 5.30. The van der Waals surface area contributed by atoms with Crippen LogP contribution in [0.1, 0.15) is 17.7 Å².